The molecule has 0 spiro atoms. The molecule has 0 heterocycles. The van der Waals surface area contributed by atoms with Crippen LogP contribution in [0.4, 0.5) is 0 Å². The van der Waals surface area contributed by atoms with Gasteiger partial charge in [0.1, 0.15) is 31.8 Å². The van der Waals surface area contributed by atoms with Crippen LogP contribution in [0.25, 0.3) is 0 Å². The molecule has 0 aromatic heterocycles. The van der Waals surface area contributed by atoms with E-state index in [9.17, 15) is 38.4 Å². The van der Waals surface area contributed by atoms with Gasteiger partial charge >= 0.3 is 47.8 Å². The second-order valence-corrected chi connectivity index (χ2v) is 6.03. The molecule has 37 heavy (non-hydrogen) atoms. The van der Waals surface area contributed by atoms with E-state index in [1.807, 2.05) is 0 Å². The maximum atomic E-state index is 11.7. The third-order valence-electron chi connectivity index (χ3n) is 3.12. The molecule has 0 aliphatic rings. The first-order chi connectivity index (χ1) is 17.2. The van der Waals surface area contributed by atoms with Gasteiger partial charge in [-0.2, -0.15) is 0 Å². The highest BCUT2D eigenvalue weighted by molar-refractivity contribution is 5.99. The third kappa shape index (κ3) is 16.3. The van der Waals surface area contributed by atoms with Crippen LogP contribution in [0, 0.1) is 52.8 Å². The highest BCUT2D eigenvalue weighted by Crippen LogP contribution is 2.21. The molecule has 0 aromatic carbocycles. The molecular formula is C21H12O16. The summed E-state index contributed by atoms with van der Waals surface area (Å²) in [4.78, 5) is 88.6. The summed E-state index contributed by atoms with van der Waals surface area (Å²) in [5.74, 6) is -0.735. The van der Waals surface area contributed by atoms with Gasteiger partial charge < -0.3 is 39.4 Å². The molecule has 4 N–H and O–H groups in total. The van der Waals surface area contributed by atoms with Crippen molar-refractivity contribution in [3.8, 4) is 47.4 Å². The second-order valence-electron chi connectivity index (χ2n) is 6.03. The summed E-state index contributed by atoms with van der Waals surface area (Å²) in [6.45, 7) is -3.95. The van der Waals surface area contributed by atoms with Gasteiger partial charge in [-0.05, 0) is 0 Å². The third-order valence-corrected chi connectivity index (χ3v) is 3.12. The quantitative estimate of drug-likeness (QED) is 0.105. The van der Waals surface area contributed by atoms with Crippen LogP contribution in [-0.2, 0) is 57.3 Å². The number of carbonyl (C=O) groups is 8. The Hall–Kier alpha value is -6.00. The molecule has 0 aromatic rings. The molecular weight excluding hydrogens is 508 g/mol. The Morgan fingerprint density at radius 2 is 0.595 bits per heavy atom. The van der Waals surface area contributed by atoms with Crippen molar-refractivity contribution in [1.29, 1.82) is 0 Å². The van der Waals surface area contributed by atoms with Gasteiger partial charge in [0, 0.05) is 47.4 Å². The molecule has 192 valence electrons. The molecule has 16 nitrogen and oxygen atoms in total. The minimum atomic E-state index is -2.05. The molecule has 0 aliphatic carbocycles. The predicted octanol–water partition coefficient (Wildman–Crippen LogP) is -3.50. The van der Waals surface area contributed by atoms with Crippen LogP contribution >= 0.6 is 0 Å². The molecule has 16 heteroatoms. The lowest BCUT2D eigenvalue weighted by atomic mass is 9.92. The second kappa shape index (κ2) is 15.8. The van der Waals surface area contributed by atoms with Gasteiger partial charge in [0.05, 0.1) is 0 Å². The van der Waals surface area contributed by atoms with Crippen LogP contribution < -0.4 is 0 Å². The lowest BCUT2D eigenvalue weighted by molar-refractivity contribution is -0.163. The van der Waals surface area contributed by atoms with Crippen molar-refractivity contribution >= 4 is 47.8 Å². The summed E-state index contributed by atoms with van der Waals surface area (Å²) in [5, 5.41) is 33.9. The molecule has 0 radical (unpaired) electrons. The maximum Gasteiger partial charge on any atom is 0.384 e. The fraction of sp³-hybridized carbons (Fsp3) is 0.238. The average molecular weight is 520 g/mol. The van der Waals surface area contributed by atoms with Gasteiger partial charge in [-0.3, -0.25) is 0 Å². The Morgan fingerprint density at radius 1 is 0.405 bits per heavy atom. The smallest absolute Gasteiger partial charge is 0.384 e. The van der Waals surface area contributed by atoms with E-state index in [0.717, 1.165) is 0 Å². The number of carboxylic acids is 4. The lowest BCUT2D eigenvalue weighted by Crippen LogP contribution is -2.43. The van der Waals surface area contributed by atoms with E-state index >= 15 is 0 Å². The van der Waals surface area contributed by atoms with Crippen molar-refractivity contribution in [2.45, 2.75) is 0 Å². The van der Waals surface area contributed by atoms with E-state index < -0.39 is 79.6 Å². The first kappa shape index (κ1) is 31.0. The molecule has 0 aliphatic heterocycles. The average Bonchev–Trinajstić information content (AvgIpc) is 2.82. The van der Waals surface area contributed by atoms with E-state index in [-0.39, 0.29) is 0 Å². The van der Waals surface area contributed by atoms with Crippen molar-refractivity contribution in [2.24, 2.45) is 5.41 Å². The Bertz CT molecular complexity index is 1040. The number of ether oxygens (including phenoxy) is 4. The van der Waals surface area contributed by atoms with Crippen molar-refractivity contribution in [1.82, 2.24) is 0 Å². The lowest BCUT2D eigenvalue weighted by Gasteiger charge is -2.30. The van der Waals surface area contributed by atoms with Crippen LogP contribution in [0.1, 0.15) is 0 Å². The van der Waals surface area contributed by atoms with Crippen LogP contribution in [-0.4, -0.2) is 94.6 Å². The van der Waals surface area contributed by atoms with E-state index in [2.05, 4.69) is 0 Å². The Kier molecular flexibility index (Phi) is 13.2. The molecule has 0 amide bonds. The van der Waals surface area contributed by atoms with Crippen LogP contribution in [0.5, 0.6) is 0 Å². The van der Waals surface area contributed by atoms with Crippen LogP contribution in [0.15, 0.2) is 0 Å². The van der Waals surface area contributed by atoms with Gasteiger partial charge in [-0.25, -0.2) is 38.4 Å². The van der Waals surface area contributed by atoms with Crippen LogP contribution in [0.3, 0.4) is 0 Å². The standard InChI is InChI=1S/C21H12O16/c22-13(23)1-5-17(30)34-9-21(10-35-18(31)6-2-14(24)25,11-36-19(32)7-3-15(26)27)12-37-20(33)8-4-16(28)29/h9-12H2,(H,22,23)(H,24,25)(H,26,27)(H,28,29). The number of hydrogen-bond acceptors (Lipinski definition) is 12. The van der Waals surface area contributed by atoms with Gasteiger partial charge in [-0.15, -0.1) is 0 Å². The summed E-state index contributed by atoms with van der Waals surface area (Å²) < 4.78 is 18.8. The van der Waals surface area contributed by atoms with Gasteiger partial charge in [-0.1, -0.05) is 0 Å². The van der Waals surface area contributed by atoms with Gasteiger partial charge in [0.15, 0.2) is 0 Å². The zero-order valence-electron chi connectivity index (χ0n) is 18.0. The zero-order chi connectivity index (χ0) is 28.4. The summed E-state index contributed by atoms with van der Waals surface area (Å²) in [7, 11) is 0. The molecule has 0 unspecified atom stereocenters. The SMILES string of the molecule is O=C(O)C#CC(=O)OCC(COC(=O)C#CC(=O)O)(COC(=O)C#CC(=O)O)COC(=O)C#CC(=O)O. The van der Waals surface area contributed by atoms with Gasteiger partial charge in [0.2, 0.25) is 0 Å². The first-order valence-corrected chi connectivity index (χ1v) is 8.91. The van der Waals surface area contributed by atoms with Crippen LogP contribution in [0.2, 0.25) is 0 Å². The molecule has 0 bridgehead atoms. The summed E-state index contributed by atoms with van der Waals surface area (Å²) in [6, 6.07) is 0. The number of esters is 4. The maximum absolute atomic E-state index is 11.7. The Labute approximate surface area is 205 Å². The van der Waals surface area contributed by atoms with Crippen molar-refractivity contribution in [2.75, 3.05) is 26.4 Å². The Balaban J connectivity index is 6.07. The molecule has 0 fully saturated rings. The minimum Gasteiger partial charge on any atom is -0.472 e. The molecule has 0 rings (SSSR count). The van der Waals surface area contributed by atoms with Gasteiger partial charge in [0.25, 0.3) is 0 Å². The van der Waals surface area contributed by atoms with E-state index in [4.69, 9.17) is 39.4 Å². The summed E-state index contributed by atoms with van der Waals surface area (Å²) >= 11 is 0. The molecule has 0 saturated heterocycles. The minimum absolute atomic E-state index is 0.987. The Morgan fingerprint density at radius 3 is 0.757 bits per heavy atom. The number of rotatable bonds is 8. The normalized spacial score (nSPS) is 8.86. The molecule has 0 saturated carbocycles. The highest BCUT2D eigenvalue weighted by atomic mass is 16.6. The predicted molar refractivity (Wildman–Crippen MR) is 108 cm³/mol. The topological polar surface area (TPSA) is 254 Å². The number of carboxylic acid groups (broad SMARTS) is 4. The molecule has 0 atom stereocenters. The zero-order valence-corrected chi connectivity index (χ0v) is 18.0. The van der Waals surface area contributed by atoms with E-state index in [1.54, 1.807) is 23.7 Å². The van der Waals surface area contributed by atoms with Crippen molar-refractivity contribution in [3.63, 3.8) is 0 Å². The van der Waals surface area contributed by atoms with Crippen molar-refractivity contribution in [3.05, 3.63) is 0 Å². The number of aliphatic carboxylic acids is 4. The first-order valence-electron chi connectivity index (χ1n) is 8.91. The fourth-order valence-corrected chi connectivity index (χ4v) is 1.69. The monoisotopic (exact) mass is 520 g/mol. The van der Waals surface area contributed by atoms with Crippen molar-refractivity contribution < 1.29 is 77.7 Å². The number of carbonyl (C=O) groups excluding carboxylic acids is 4. The number of hydrogen-bond donors (Lipinski definition) is 4. The summed E-state index contributed by atoms with van der Waals surface area (Å²) in [6.07, 6.45) is 0. The van der Waals surface area contributed by atoms with E-state index in [1.165, 1.54) is 23.7 Å². The fourth-order valence-electron chi connectivity index (χ4n) is 1.69. The largest absolute Gasteiger partial charge is 0.472 e. The highest BCUT2D eigenvalue weighted by Gasteiger charge is 2.37. The summed E-state index contributed by atoms with van der Waals surface area (Å²) in [5.41, 5.74) is -2.05. The van der Waals surface area contributed by atoms with E-state index in [0.29, 0.717) is 0 Å².